The molecule has 0 spiro atoms. The Morgan fingerprint density at radius 3 is 0.642 bits per heavy atom. The third-order valence-electron chi connectivity index (χ3n) is 22.1. The minimum absolute atomic E-state index is 0.343. The van der Waals surface area contributed by atoms with Crippen molar-refractivity contribution in [1.82, 2.24) is 9.13 Å². The Balaban J connectivity index is 1.31. The molecule has 8 aromatic carbocycles. The maximum absolute atomic E-state index is 6.06. The number of hydrogen-bond acceptors (Lipinski definition) is 6. The molecule has 0 fully saturated rings. The van der Waals surface area contributed by atoms with Crippen molar-refractivity contribution in [3.05, 3.63) is 167 Å². The van der Waals surface area contributed by atoms with Crippen LogP contribution in [0, 0.1) is 166 Å². The molecule has 0 radical (unpaired) electrons. The quantitative estimate of drug-likeness (QED) is 0.145. The average molecular weight is 1060 g/mol. The lowest BCUT2D eigenvalue weighted by atomic mass is 9.83. The van der Waals surface area contributed by atoms with Crippen LogP contribution in [0.5, 0.6) is 0 Å². The summed E-state index contributed by atoms with van der Waals surface area (Å²) in [6.45, 7) is 55.5. The van der Waals surface area contributed by atoms with Gasteiger partial charge in [-0.15, -0.1) is 0 Å². The molecule has 2 aromatic heterocycles. The van der Waals surface area contributed by atoms with Gasteiger partial charge in [0.1, 0.15) is 29.3 Å². The largest absolute Gasteiger partial charge is 0.291 e. The van der Waals surface area contributed by atoms with Crippen molar-refractivity contribution in [3.8, 4) is 0 Å². The number of benzene rings is 8. The summed E-state index contributed by atoms with van der Waals surface area (Å²) in [6.07, 6.45) is 0. The van der Waals surface area contributed by atoms with Crippen LogP contribution in [-0.2, 0) is 6.67 Å². The Labute approximate surface area is 475 Å². The lowest BCUT2D eigenvalue weighted by Gasteiger charge is -2.21. The van der Waals surface area contributed by atoms with E-state index >= 15 is 0 Å². The van der Waals surface area contributed by atoms with Gasteiger partial charge in [0.05, 0.1) is 0 Å². The van der Waals surface area contributed by atoms with E-state index in [2.05, 4.69) is 175 Å². The van der Waals surface area contributed by atoms with Crippen molar-refractivity contribution in [1.29, 1.82) is 0 Å². The Hall–Kier alpha value is -7.84. The Bertz CT molecular complexity index is 4870. The van der Waals surface area contributed by atoms with Gasteiger partial charge in [0.25, 0.3) is 0 Å². The SMILES string of the molecule is Cc1c(C)c(C)c2c(C)c3c(c(C)c2c1C)C1=NC/3=N\c2c3c(C)c4c(C)c(C)c(C)c(C)c4c(C)c3c3n2Cn2/c(c4c(C)c5c(C)c(C)c(C)c(C)c5c(C)c4/c2=N/C2=NC(=N\3)/c3c2c(C)c2c(C)c(C)c(C)c(C)c2c3C)=N\1. The molecule has 10 aromatic rings. The first-order chi connectivity index (χ1) is 38.2. The third kappa shape index (κ3) is 5.96. The number of amidine groups is 4. The zero-order chi connectivity index (χ0) is 57.8. The first-order valence-electron chi connectivity index (χ1n) is 29.2. The average Bonchev–Trinajstić information content (AvgIpc) is 3.60. The van der Waals surface area contributed by atoms with Crippen LogP contribution in [0.3, 0.4) is 0 Å². The van der Waals surface area contributed by atoms with Crippen molar-refractivity contribution in [2.45, 2.75) is 173 Å². The summed E-state index contributed by atoms with van der Waals surface area (Å²) in [5, 5.41) is 14.6. The van der Waals surface area contributed by atoms with Crippen molar-refractivity contribution >= 4 is 99.6 Å². The number of rotatable bonds is 0. The summed E-state index contributed by atoms with van der Waals surface area (Å²) in [5.74, 6) is 4.40. The number of aliphatic imine (C=N–C) groups is 4. The number of hydrogen-bond donors (Lipinski definition) is 0. The topological polar surface area (TPSA) is 84.0 Å². The molecule has 0 saturated heterocycles. The maximum Gasteiger partial charge on any atom is 0.165 e. The zero-order valence-electron chi connectivity index (χ0n) is 52.3. The summed E-state index contributed by atoms with van der Waals surface area (Å²) >= 11 is 0. The molecule has 0 unspecified atom stereocenters. The van der Waals surface area contributed by atoms with Gasteiger partial charge in [0.15, 0.2) is 23.3 Å². The highest BCUT2D eigenvalue weighted by Gasteiger charge is 2.37. The second-order valence-electron chi connectivity index (χ2n) is 25.3. The Kier molecular flexibility index (Phi) is 10.4. The molecule has 406 valence electrons. The highest BCUT2D eigenvalue weighted by molar-refractivity contribution is 6.30. The lowest BCUT2D eigenvalue weighted by molar-refractivity contribution is 0.583. The fourth-order valence-electron chi connectivity index (χ4n) is 16.5. The maximum atomic E-state index is 6.06. The second-order valence-corrected chi connectivity index (χ2v) is 25.3. The zero-order valence-corrected chi connectivity index (χ0v) is 52.3. The van der Waals surface area contributed by atoms with Crippen LogP contribution in [0.2, 0.25) is 0 Å². The molecule has 6 heterocycles. The van der Waals surface area contributed by atoms with Crippen molar-refractivity contribution < 1.29 is 0 Å². The molecule has 6 bridgehead atoms. The first kappa shape index (κ1) is 51.3. The highest BCUT2D eigenvalue weighted by atomic mass is 15.3. The molecule has 8 heteroatoms. The standard InChI is InChI=1S/C73H74N8/c1-26-27(2)35(10)51-43(18)59-58(42(17)50(51)34(26)9)66-74-67(59)77-71-64-48(23)56-40(15)32(7)33(8)41(16)57(56)49(24)65(64)73-79-69-61-45(20)53-37(12)29(4)28(3)36(11)52(53)44(19)60(61)68(75-69)78-72-63-47(22)55-39(14)31(6)30(5)38(13)54(55)46(21)62(63)70(76-66)80(72)25-81(71)73/h25H2,1-24H3/b76-66-,76-70?,77-67?,77-71-,78-68-,78-72?,79-69?,79-73-. The van der Waals surface area contributed by atoms with Gasteiger partial charge in [-0.05, 0) is 343 Å². The van der Waals surface area contributed by atoms with Crippen LogP contribution in [-0.4, -0.2) is 32.5 Å². The van der Waals surface area contributed by atoms with Crippen LogP contribution in [0.15, 0.2) is 30.0 Å². The smallest absolute Gasteiger partial charge is 0.165 e. The van der Waals surface area contributed by atoms with Crippen LogP contribution < -0.4 is 11.0 Å². The van der Waals surface area contributed by atoms with E-state index in [-0.39, 0.29) is 0 Å². The van der Waals surface area contributed by atoms with Gasteiger partial charge in [-0.2, -0.15) is 0 Å². The van der Waals surface area contributed by atoms with E-state index in [1.165, 1.54) is 177 Å². The molecule has 0 atom stereocenters. The van der Waals surface area contributed by atoms with Crippen LogP contribution in [0.1, 0.15) is 156 Å². The molecule has 0 amide bonds. The van der Waals surface area contributed by atoms with E-state index in [1.807, 2.05) is 0 Å². The van der Waals surface area contributed by atoms with E-state index < -0.39 is 0 Å². The summed E-state index contributed by atoms with van der Waals surface area (Å²) in [5.41, 5.74) is 36.4. The van der Waals surface area contributed by atoms with Crippen molar-refractivity contribution in [3.63, 3.8) is 0 Å². The molecule has 0 saturated carbocycles. The molecule has 8 nitrogen and oxygen atoms in total. The third-order valence-corrected chi connectivity index (χ3v) is 22.1. The van der Waals surface area contributed by atoms with Crippen molar-refractivity contribution in [2.75, 3.05) is 0 Å². The number of nitrogens with zero attached hydrogens (tertiary/aromatic N) is 8. The van der Waals surface area contributed by atoms with Gasteiger partial charge >= 0.3 is 0 Å². The molecular weight excluding hydrogens is 989 g/mol. The number of aromatic nitrogens is 2. The fraction of sp³-hybridized carbons (Fsp3) is 0.342. The summed E-state index contributed by atoms with van der Waals surface area (Å²) in [4.78, 5) is 35.8. The lowest BCUT2D eigenvalue weighted by Crippen LogP contribution is -2.32. The van der Waals surface area contributed by atoms with Crippen molar-refractivity contribution in [2.24, 2.45) is 30.0 Å². The molecule has 4 aliphatic heterocycles. The van der Waals surface area contributed by atoms with E-state index in [0.29, 0.717) is 30.0 Å². The molecule has 81 heavy (non-hydrogen) atoms. The number of aryl methyl sites for hydroxylation is 16. The van der Waals surface area contributed by atoms with Crippen LogP contribution >= 0.6 is 0 Å². The monoisotopic (exact) mass is 1060 g/mol. The van der Waals surface area contributed by atoms with E-state index in [9.17, 15) is 0 Å². The van der Waals surface area contributed by atoms with Gasteiger partial charge in [-0.25, -0.2) is 30.0 Å². The van der Waals surface area contributed by atoms with Crippen LogP contribution in [0.4, 0.5) is 11.6 Å². The predicted molar refractivity (Wildman–Crippen MR) is 344 cm³/mol. The van der Waals surface area contributed by atoms with E-state index in [1.54, 1.807) is 0 Å². The van der Waals surface area contributed by atoms with Crippen LogP contribution in [0.25, 0.3) is 64.6 Å². The summed E-state index contributed by atoms with van der Waals surface area (Å²) in [7, 11) is 0. The minimum Gasteiger partial charge on any atom is -0.291 e. The molecule has 0 aliphatic carbocycles. The van der Waals surface area contributed by atoms with Gasteiger partial charge in [-0.3, -0.25) is 9.13 Å². The predicted octanol–water partition coefficient (Wildman–Crippen LogP) is 17.1. The van der Waals surface area contributed by atoms with Gasteiger partial charge in [-0.1, -0.05) is 0 Å². The van der Waals surface area contributed by atoms with Gasteiger partial charge in [0.2, 0.25) is 0 Å². The fourth-order valence-corrected chi connectivity index (χ4v) is 16.5. The van der Waals surface area contributed by atoms with Gasteiger partial charge < -0.3 is 0 Å². The van der Waals surface area contributed by atoms with Gasteiger partial charge in [0, 0.05) is 43.8 Å². The Morgan fingerprint density at radius 1 is 0.185 bits per heavy atom. The molecule has 14 rings (SSSR count). The first-order valence-corrected chi connectivity index (χ1v) is 29.2. The molecular formula is C73H74N8. The highest BCUT2D eigenvalue weighted by Crippen LogP contribution is 2.51. The molecule has 4 aliphatic rings. The molecule has 0 N–H and O–H groups in total. The van der Waals surface area contributed by atoms with E-state index in [4.69, 9.17) is 30.0 Å². The minimum atomic E-state index is 0.343. The summed E-state index contributed by atoms with van der Waals surface area (Å²) < 4.78 is 4.80. The summed E-state index contributed by atoms with van der Waals surface area (Å²) in [6, 6.07) is 0. The number of fused-ring (bicyclic) bond motifs is 18. The van der Waals surface area contributed by atoms with E-state index in [0.717, 1.165) is 66.4 Å². The normalized spacial score (nSPS) is 16.5. The Morgan fingerprint density at radius 2 is 0.395 bits per heavy atom. The second kappa shape index (κ2) is 16.4.